The number of hydrogen-bond acceptors (Lipinski definition) is 2. The average Bonchev–Trinajstić information content (AvgIpc) is 2.78. The van der Waals surface area contributed by atoms with Crippen LogP contribution in [0, 0.1) is 11.3 Å². The molecule has 2 N–H and O–H groups in total. The fourth-order valence-electron chi connectivity index (χ4n) is 1.81. The Morgan fingerprint density at radius 1 is 1.33 bits per heavy atom. The Labute approximate surface area is 74.5 Å². The molecule has 0 bridgehead atoms. The van der Waals surface area contributed by atoms with Crippen molar-refractivity contribution < 1.29 is 4.74 Å². The fourth-order valence-corrected chi connectivity index (χ4v) is 1.81. The maximum Gasteiger partial charge on any atom is 0.0534 e. The van der Waals surface area contributed by atoms with Gasteiger partial charge in [-0.15, -0.1) is 0 Å². The van der Waals surface area contributed by atoms with Crippen molar-refractivity contribution in [3.63, 3.8) is 0 Å². The van der Waals surface area contributed by atoms with Gasteiger partial charge in [-0.25, -0.2) is 0 Å². The summed E-state index contributed by atoms with van der Waals surface area (Å²) in [5.74, 6) is 0.889. The van der Waals surface area contributed by atoms with E-state index in [1.165, 1.54) is 32.1 Å². The topological polar surface area (TPSA) is 35.2 Å². The minimum absolute atomic E-state index is 0.384. The number of hydrogen-bond donors (Lipinski definition) is 1. The van der Waals surface area contributed by atoms with Crippen molar-refractivity contribution >= 4 is 0 Å². The standard InChI is InChI=1S/C10H19NO/c11-7-10(4-1-5-10)8-12-6-9-2-3-9/h9H,1-8,11H2. The van der Waals surface area contributed by atoms with Gasteiger partial charge in [0.15, 0.2) is 0 Å². The predicted molar refractivity (Wildman–Crippen MR) is 48.9 cm³/mol. The van der Waals surface area contributed by atoms with E-state index in [0.29, 0.717) is 5.41 Å². The van der Waals surface area contributed by atoms with Crippen molar-refractivity contribution in [1.82, 2.24) is 0 Å². The minimum atomic E-state index is 0.384. The molecule has 0 heterocycles. The molecule has 0 radical (unpaired) electrons. The molecule has 0 spiro atoms. The predicted octanol–water partition coefficient (Wildman–Crippen LogP) is 1.54. The zero-order chi connectivity index (χ0) is 8.44. The molecule has 0 amide bonds. The van der Waals surface area contributed by atoms with Gasteiger partial charge in [0.1, 0.15) is 0 Å². The number of rotatable bonds is 5. The average molecular weight is 169 g/mol. The van der Waals surface area contributed by atoms with Gasteiger partial charge in [0.2, 0.25) is 0 Å². The molecule has 12 heavy (non-hydrogen) atoms. The van der Waals surface area contributed by atoms with Crippen molar-refractivity contribution in [3.8, 4) is 0 Å². The summed E-state index contributed by atoms with van der Waals surface area (Å²) in [7, 11) is 0. The Hall–Kier alpha value is -0.0800. The van der Waals surface area contributed by atoms with Crippen LogP contribution in [-0.4, -0.2) is 19.8 Å². The van der Waals surface area contributed by atoms with Crippen LogP contribution in [0.2, 0.25) is 0 Å². The van der Waals surface area contributed by atoms with E-state index in [0.717, 1.165) is 25.7 Å². The lowest BCUT2D eigenvalue weighted by Gasteiger charge is -2.40. The zero-order valence-corrected chi connectivity index (χ0v) is 7.72. The Balaban J connectivity index is 1.62. The lowest BCUT2D eigenvalue weighted by molar-refractivity contribution is -0.00376. The third-order valence-electron chi connectivity index (χ3n) is 3.31. The summed E-state index contributed by atoms with van der Waals surface area (Å²) in [6, 6.07) is 0. The first kappa shape index (κ1) is 8.52. The second-order valence-corrected chi connectivity index (χ2v) is 4.52. The first-order valence-corrected chi connectivity index (χ1v) is 5.12. The monoisotopic (exact) mass is 169 g/mol. The summed E-state index contributed by atoms with van der Waals surface area (Å²) in [5, 5.41) is 0. The van der Waals surface area contributed by atoms with Crippen LogP contribution in [0.25, 0.3) is 0 Å². The van der Waals surface area contributed by atoms with E-state index < -0.39 is 0 Å². The third-order valence-corrected chi connectivity index (χ3v) is 3.31. The summed E-state index contributed by atoms with van der Waals surface area (Å²) in [6.07, 6.45) is 6.69. The summed E-state index contributed by atoms with van der Waals surface area (Å²) in [6.45, 7) is 2.72. The van der Waals surface area contributed by atoms with Crippen LogP contribution in [0.1, 0.15) is 32.1 Å². The molecule has 70 valence electrons. The van der Waals surface area contributed by atoms with E-state index in [4.69, 9.17) is 10.5 Å². The van der Waals surface area contributed by atoms with Crippen molar-refractivity contribution in [2.45, 2.75) is 32.1 Å². The highest BCUT2D eigenvalue weighted by molar-refractivity contribution is 4.88. The number of ether oxygens (including phenoxy) is 1. The summed E-state index contributed by atoms with van der Waals surface area (Å²) >= 11 is 0. The second-order valence-electron chi connectivity index (χ2n) is 4.52. The van der Waals surface area contributed by atoms with Gasteiger partial charge in [0, 0.05) is 18.6 Å². The molecule has 2 heteroatoms. The Bertz CT molecular complexity index is 144. The Kier molecular flexibility index (Phi) is 2.37. The van der Waals surface area contributed by atoms with Gasteiger partial charge < -0.3 is 10.5 Å². The van der Waals surface area contributed by atoms with Gasteiger partial charge in [-0.3, -0.25) is 0 Å². The van der Waals surface area contributed by atoms with Crippen LogP contribution in [0.5, 0.6) is 0 Å². The molecule has 2 rings (SSSR count). The van der Waals surface area contributed by atoms with Crippen molar-refractivity contribution in [1.29, 1.82) is 0 Å². The van der Waals surface area contributed by atoms with Crippen molar-refractivity contribution in [2.75, 3.05) is 19.8 Å². The van der Waals surface area contributed by atoms with Crippen molar-refractivity contribution in [3.05, 3.63) is 0 Å². The minimum Gasteiger partial charge on any atom is -0.381 e. The summed E-state index contributed by atoms with van der Waals surface area (Å²) in [5.41, 5.74) is 6.11. The molecule has 0 atom stereocenters. The molecule has 2 saturated carbocycles. The highest BCUT2D eigenvalue weighted by atomic mass is 16.5. The maximum atomic E-state index is 5.72. The quantitative estimate of drug-likeness (QED) is 0.677. The van der Waals surface area contributed by atoms with Crippen LogP contribution in [0.3, 0.4) is 0 Å². The van der Waals surface area contributed by atoms with Crippen LogP contribution in [0.4, 0.5) is 0 Å². The smallest absolute Gasteiger partial charge is 0.0534 e. The third kappa shape index (κ3) is 1.80. The van der Waals surface area contributed by atoms with E-state index in [1.807, 2.05) is 0 Å². The SMILES string of the molecule is NCC1(COCC2CC2)CCC1. The molecule has 0 aromatic heterocycles. The van der Waals surface area contributed by atoms with Crippen LogP contribution < -0.4 is 5.73 Å². The normalized spacial score (nSPS) is 26.8. The molecule has 2 aliphatic rings. The van der Waals surface area contributed by atoms with Gasteiger partial charge in [-0.05, 0) is 31.6 Å². The molecule has 0 saturated heterocycles. The number of nitrogens with two attached hydrogens (primary N) is 1. The van der Waals surface area contributed by atoms with Crippen LogP contribution >= 0.6 is 0 Å². The second kappa shape index (κ2) is 3.35. The molecular formula is C10H19NO. The van der Waals surface area contributed by atoms with E-state index in [1.54, 1.807) is 0 Å². The van der Waals surface area contributed by atoms with E-state index in [-0.39, 0.29) is 0 Å². The van der Waals surface area contributed by atoms with Crippen molar-refractivity contribution in [2.24, 2.45) is 17.1 Å². The first-order valence-electron chi connectivity index (χ1n) is 5.12. The van der Waals surface area contributed by atoms with Gasteiger partial charge >= 0.3 is 0 Å². The molecule has 2 aliphatic carbocycles. The molecular weight excluding hydrogens is 150 g/mol. The molecule has 2 fully saturated rings. The van der Waals surface area contributed by atoms with Crippen LogP contribution in [-0.2, 0) is 4.74 Å². The van der Waals surface area contributed by atoms with Gasteiger partial charge in [0.25, 0.3) is 0 Å². The first-order chi connectivity index (χ1) is 5.85. The molecule has 2 nitrogen and oxygen atoms in total. The summed E-state index contributed by atoms with van der Waals surface area (Å²) < 4.78 is 5.68. The molecule has 0 unspecified atom stereocenters. The highest BCUT2D eigenvalue weighted by Crippen LogP contribution is 2.40. The van der Waals surface area contributed by atoms with Gasteiger partial charge in [-0.1, -0.05) is 6.42 Å². The fraction of sp³-hybridized carbons (Fsp3) is 1.00. The summed E-state index contributed by atoms with van der Waals surface area (Å²) in [4.78, 5) is 0. The Morgan fingerprint density at radius 3 is 2.50 bits per heavy atom. The van der Waals surface area contributed by atoms with E-state index >= 15 is 0 Å². The molecule has 0 aliphatic heterocycles. The van der Waals surface area contributed by atoms with Crippen LogP contribution in [0.15, 0.2) is 0 Å². The Morgan fingerprint density at radius 2 is 2.08 bits per heavy atom. The van der Waals surface area contributed by atoms with Gasteiger partial charge in [0.05, 0.1) is 6.61 Å². The van der Waals surface area contributed by atoms with Gasteiger partial charge in [-0.2, -0.15) is 0 Å². The largest absolute Gasteiger partial charge is 0.381 e. The molecule has 0 aromatic carbocycles. The highest BCUT2D eigenvalue weighted by Gasteiger charge is 2.36. The zero-order valence-electron chi connectivity index (χ0n) is 7.72. The lowest BCUT2D eigenvalue weighted by atomic mass is 9.69. The van der Waals surface area contributed by atoms with E-state index in [2.05, 4.69) is 0 Å². The lowest BCUT2D eigenvalue weighted by Crippen LogP contribution is -2.41. The maximum absolute atomic E-state index is 5.72. The van der Waals surface area contributed by atoms with E-state index in [9.17, 15) is 0 Å². The molecule has 0 aromatic rings.